The number of hydrogen-bond donors (Lipinski definition) is 5. The molecule has 1 amide bonds. The summed E-state index contributed by atoms with van der Waals surface area (Å²) in [5.74, 6) is -0.437. The Labute approximate surface area is 177 Å². The second-order valence-corrected chi connectivity index (χ2v) is 7.30. The maximum absolute atomic E-state index is 13.0. The third-order valence-electron chi connectivity index (χ3n) is 5.21. The Balaban J connectivity index is 1.84. The first-order chi connectivity index (χ1) is 14.5. The summed E-state index contributed by atoms with van der Waals surface area (Å²) in [5.41, 5.74) is 29.0. The number of rotatable bonds is 8. The highest BCUT2D eigenvalue weighted by molar-refractivity contribution is 5.96. The van der Waals surface area contributed by atoms with Crippen LogP contribution >= 0.6 is 0 Å². The molecule has 6 heteroatoms. The first-order valence-corrected chi connectivity index (χ1v) is 10.0. The van der Waals surface area contributed by atoms with E-state index in [1.54, 1.807) is 12.1 Å². The first-order valence-electron chi connectivity index (χ1n) is 10.0. The predicted molar refractivity (Wildman–Crippen MR) is 123 cm³/mol. The maximum Gasteiger partial charge on any atom is 0.231 e. The molecule has 156 valence electrons. The Bertz CT molecular complexity index is 990. The maximum atomic E-state index is 13.0. The van der Waals surface area contributed by atoms with Gasteiger partial charge in [-0.3, -0.25) is 4.79 Å². The molecule has 6 nitrogen and oxygen atoms in total. The molecular weight excluding hydrogens is 374 g/mol. The molecule has 0 aliphatic rings. The lowest BCUT2D eigenvalue weighted by Gasteiger charge is -2.19. The zero-order chi connectivity index (χ0) is 21.5. The van der Waals surface area contributed by atoms with Crippen molar-refractivity contribution in [3.8, 4) is 0 Å². The Hall–Kier alpha value is -3.19. The molecule has 3 rings (SSSR count). The predicted octanol–water partition coefficient (Wildman–Crippen LogP) is 2.85. The molecule has 30 heavy (non-hydrogen) atoms. The fourth-order valence-electron chi connectivity index (χ4n) is 3.55. The highest BCUT2D eigenvalue weighted by atomic mass is 16.1. The van der Waals surface area contributed by atoms with E-state index in [2.05, 4.69) is 5.32 Å². The number of anilines is 2. The third-order valence-corrected chi connectivity index (χ3v) is 5.21. The Morgan fingerprint density at radius 1 is 0.900 bits per heavy atom. The van der Waals surface area contributed by atoms with Gasteiger partial charge in [-0.15, -0.1) is 0 Å². The number of amides is 1. The van der Waals surface area contributed by atoms with Crippen LogP contribution in [0.5, 0.6) is 0 Å². The second-order valence-electron chi connectivity index (χ2n) is 7.30. The van der Waals surface area contributed by atoms with Gasteiger partial charge in [0.2, 0.25) is 5.91 Å². The lowest BCUT2D eigenvalue weighted by molar-refractivity contribution is -0.117. The van der Waals surface area contributed by atoms with Gasteiger partial charge in [0, 0.05) is 17.9 Å². The van der Waals surface area contributed by atoms with Crippen LogP contribution in [0.25, 0.3) is 0 Å². The topological polar surface area (TPSA) is 133 Å². The van der Waals surface area contributed by atoms with Crippen molar-refractivity contribution in [2.75, 3.05) is 17.6 Å². The van der Waals surface area contributed by atoms with Gasteiger partial charge >= 0.3 is 0 Å². The highest BCUT2D eigenvalue weighted by Crippen LogP contribution is 2.29. The number of carbonyl (C=O) groups excluding carboxylic acids is 1. The van der Waals surface area contributed by atoms with Crippen LogP contribution < -0.4 is 28.3 Å². The molecular formula is C24H29N5O. The van der Waals surface area contributed by atoms with E-state index in [9.17, 15) is 4.79 Å². The van der Waals surface area contributed by atoms with Crippen LogP contribution in [-0.4, -0.2) is 12.5 Å². The van der Waals surface area contributed by atoms with Gasteiger partial charge in [-0.05, 0) is 53.4 Å². The molecule has 0 saturated carbocycles. The summed E-state index contributed by atoms with van der Waals surface area (Å²) in [6, 6.07) is 22.4. The minimum Gasteiger partial charge on any atom is -0.398 e. The Morgan fingerprint density at radius 3 is 2.33 bits per heavy atom. The molecule has 3 aromatic rings. The van der Waals surface area contributed by atoms with E-state index in [0.29, 0.717) is 30.9 Å². The minimum atomic E-state index is -0.428. The summed E-state index contributed by atoms with van der Waals surface area (Å²) < 4.78 is 0. The van der Waals surface area contributed by atoms with E-state index in [-0.39, 0.29) is 11.8 Å². The number of nitrogens with two attached hydrogens (primary N) is 4. The summed E-state index contributed by atoms with van der Waals surface area (Å²) in [4.78, 5) is 13.0. The third kappa shape index (κ3) is 5.04. The molecule has 0 radical (unpaired) electrons. The van der Waals surface area contributed by atoms with Gasteiger partial charge in [0.25, 0.3) is 0 Å². The lowest BCUT2D eigenvalue weighted by Crippen LogP contribution is -2.24. The summed E-state index contributed by atoms with van der Waals surface area (Å²) in [5, 5.41) is 3.00. The van der Waals surface area contributed by atoms with Crippen LogP contribution in [-0.2, 0) is 11.3 Å². The zero-order valence-corrected chi connectivity index (χ0v) is 16.9. The fraction of sp³-hybridized carbons (Fsp3) is 0.208. The number of carbonyl (C=O) groups is 1. The van der Waals surface area contributed by atoms with Gasteiger partial charge in [-0.2, -0.15) is 0 Å². The molecule has 0 aliphatic heterocycles. The molecule has 0 saturated heterocycles. The molecule has 0 aliphatic carbocycles. The van der Waals surface area contributed by atoms with Crippen molar-refractivity contribution >= 4 is 17.3 Å². The Morgan fingerprint density at radius 2 is 1.63 bits per heavy atom. The van der Waals surface area contributed by atoms with E-state index in [1.165, 1.54) is 0 Å². The molecule has 2 atom stereocenters. The van der Waals surface area contributed by atoms with E-state index in [0.717, 1.165) is 22.3 Å². The van der Waals surface area contributed by atoms with E-state index in [4.69, 9.17) is 22.9 Å². The number of hydrogen-bond acceptors (Lipinski definition) is 5. The Kier molecular flexibility index (Phi) is 7.19. The van der Waals surface area contributed by atoms with Crippen molar-refractivity contribution in [1.29, 1.82) is 0 Å². The molecule has 0 spiro atoms. The van der Waals surface area contributed by atoms with Gasteiger partial charge in [0.15, 0.2) is 0 Å². The summed E-state index contributed by atoms with van der Waals surface area (Å²) in [6.07, 6.45) is 0.559. The number of nitrogens with one attached hydrogen (secondary N) is 1. The van der Waals surface area contributed by atoms with Crippen molar-refractivity contribution in [3.05, 3.63) is 95.1 Å². The van der Waals surface area contributed by atoms with Gasteiger partial charge < -0.3 is 28.3 Å². The monoisotopic (exact) mass is 403 g/mol. The molecule has 2 unspecified atom stereocenters. The molecule has 9 N–H and O–H groups in total. The van der Waals surface area contributed by atoms with Crippen molar-refractivity contribution < 1.29 is 4.79 Å². The quantitative estimate of drug-likeness (QED) is 0.369. The van der Waals surface area contributed by atoms with Crippen LogP contribution in [0.15, 0.2) is 72.8 Å². The zero-order valence-electron chi connectivity index (χ0n) is 16.9. The van der Waals surface area contributed by atoms with Crippen molar-refractivity contribution in [1.82, 2.24) is 0 Å². The molecule has 0 heterocycles. The fourth-order valence-corrected chi connectivity index (χ4v) is 3.55. The highest BCUT2D eigenvalue weighted by Gasteiger charge is 2.21. The van der Waals surface area contributed by atoms with E-state index in [1.807, 2.05) is 60.7 Å². The van der Waals surface area contributed by atoms with E-state index < -0.39 is 6.04 Å². The molecule has 0 aromatic heterocycles. The summed E-state index contributed by atoms with van der Waals surface area (Å²) in [6.45, 7) is 0.858. The summed E-state index contributed by atoms with van der Waals surface area (Å²) in [7, 11) is 0. The van der Waals surface area contributed by atoms with Gasteiger partial charge in [-0.1, -0.05) is 54.6 Å². The van der Waals surface area contributed by atoms with Gasteiger partial charge in [0.05, 0.1) is 12.0 Å². The van der Waals surface area contributed by atoms with Gasteiger partial charge in [0.1, 0.15) is 0 Å². The SMILES string of the molecule is NCCC(C(=O)Nc1ccc(N)c(C(N)c2cccc(CN)c2)c1)c1ccccc1. The first kappa shape index (κ1) is 21.5. The number of nitrogen functional groups attached to an aromatic ring is 1. The van der Waals surface area contributed by atoms with Crippen molar-refractivity contribution in [2.24, 2.45) is 17.2 Å². The standard InChI is InChI=1S/C24H29N5O/c25-12-11-20(17-6-2-1-3-7-17)24(30)29-19-9-10-22(27)21(14-19)23(28)18-8-4-5-16(13-18)15-26/h1-10,13-14,20,23H,11-12,15,25-28H2,(H,29,30). The molecule has 0 bridgehead atoms. The average Bonchev–Trinajstić information content (AvgIpc) is 2.78. The minimum absolute atomic E-state index is 0.110. The average molecular weight is 404 g/mol. The van der Waals surface area contributed by atoms with Crippen LogP contribution in [0.4, 0.5) is 11.4 Å². The van der Waals surface area contributed by atoms with Gasteiger partial charge in [-0.25, -0.2) is 0 Å². The summed E-state index contributed by atoms with van der Waals surface area (Å²) >= 11 is 0. The van der Waals surface area contributed by atoms with Crippen LogP contribution in [0.2, 0.25) is 0 Å². The van der Waals surface area contributed by atoms with Crippen molar-refractivity contribution in [2.45, 2.75) is 24.9 Å². The second kappa shape index (κ2) is 10.0. The lowest BCUT2D eigenvalue weighted by atomic mass is 9.94. The molecule has 3 aromatic carbocycles. The van der Waals surface area contributed by atoms with Crippen LogP contribution in [0, 0.1) is 0 Å². The normalized spacial score (nSPS) is 12.9. The largest absolute Gasteiger partial charge is 0.398 e. The number of benzene rings is 3. The van der Waals surface area contributed by atoms with Crippen LogP contribution in [0.3, 0.4) is 0 Å². The van der Waals surface area contributed by atoms with Crippen molar-refractivity contribution in [3.63, 3.8) is 0 Å². The van der Waals surface area contributed by atoms with Crippen LogP contribution in [0.1, 0.15) is 40.6 Å². The molecule has 0 fully saturated rings. The van der Waals surface area contributed by atoms with E-state index >= 15 is 0 Å². The smallest absolute Gasteiger partial charge is 0.231 e.